The highest BCUT2D eigenvalue weighted by Gasteiger charge is 2.48. The van der Waals surface area contributed by atoms with E-state index in [9.17, 15) is 19.5 Å². The molecule has 0 radical (unpaired) electrons. The molecule has 0 spiro atoms. The first-order valence-corrected chi connectivity index (χ1v) is 15.3. The van der Waals surface area contributed by atoms with Gasteiger partial charge in [0, 0.05) is 18.9 Å². The molecule has 5 rings (SSSR count). The van der Waals surface area contributed by atoms with Crippen LogP contribution in [0.1, 0.15) is 79.1 Å². The number of hydrogen-bond donors (Lipinski definition) is 1. The van der Waals surface area contributed by atoms with E-state index in [1.165, 1.54) is 11.8 Å². The van der Waals surface area contributed by atoms with Gasteiger partial charge in [-0.05, 0) is 74.6 Å². The number of nitrogens with zero attached hydrogens (tertiary/aromatic N) is 2. The smallest absolute Gasteiger partial charge is 0.301 e. The first-order chi connectivity index (χ1) is 20.5. The summed E-state index contributed by atoms with van der Waals surface area (Å²) in [5.74, 6) is 0.00568. The molecule has 10 heteroatoms. The number of fused-ring (bicyclic) bond motifs is 1. The molecule has 1 fully saturated rings. The summed E-state index contributed by atoms with van der Waals surface area (Å²) in [5, 5.41) is 11.9. The summed E-state index contributed by atoms with van der Waals surface area (Å²) in [5.41, 5.74) is 2.22. The maximum Gasteiger partial charge on any atom is 0.301 e. The van der Waals surface area contributed by atoms with Gasteiger partial charge in [-0.1, -0.05) is 31.3 Å². The Morgan fingerprint density at radius 3 is 2.60 bits per heavy atom. The van der Waals surface area contributed by atoms with Gasteiger partial charge in [0.05, 0.1) is 35.4 Å². The van der Waals surface area contributed by atoms with Crippen LogP contribution in [0.25, 0.3) is 5.76 Å². The molecule has 1 N–H and O–H groups in total. The van der Waals surface area contributed by atoms with Gasteiger partial charge in [-0.3, -0.25) is 19.3 Å². The van der Waals surface area contributed by atoms with Gasteiger partial charge >= 0.3 is 5.91 Å². The highest BCUT2D eigenvalue weighted by atomic mass is 32.1. The van der Waals surface area contributed by atoms with Crippen molar-refractivity contribution in [3.8, 4) is 17.2 Å². The molecule has 3 aromatic rings. The number of thiazole rings is 1. The lowest BCUT2D eigenvalue weighted by Gasteiger charge is -2.24. The van der Waals surface area contributed by atoms with E-state index in [-0.39, 0.29) is 28.4 Å². The summed E-state index contributed by atoms with van der Waals surface area (Å²) in [6.07, 6.45) is 1.52. The summed E-state index contributed by atoms with van der Waals surface area (Å²) in [6, 6.07) is 9.44. The number of amides is 1. The van der Waals surface area contributed by atoms with Crippen molar-refractivity contribution < 1.29 is 33.7 Å². The number of hydrogen-bond acceptors (Lipinski definition) is 9. The van der Waals surface area contributed by atoms with Crippen LogP contribution in [0, 0.1) is 12.8 Å². The van der Waals surface area contributed by atoms with Gasteiger partial charge in [-0.2, -0.15) is 0 Å². The monoisotopic (exact) mass is 604 g/mol. The third kappa shape index (κ3) is 5.88. The van der Waals surface area contributed by atoms with Crippen LogP contribution >= 0.6 is 11.3 Å². The number of aliphatic hydroxyl groups is 1. The molecule has 0 unspecified atom stereocenters. The Morgan fingerprint density at radius 2 is 1.93 bits per heavy atom. The fourth-order valence-electron chi connectivity index (χ4n) is 5.37. The number of ether oxygens (including phenoxy) is 3. The Labute approximate surface area is 255 Å². The van der Waals surface area contributed by atoms with Gasteiger partial charge in [0.1, 0.15) is 17.6 Å². The summed E-state index contributed by atoms with van der Waals surface area (Å²) in [6.45, 7) is 12.0. The number of carbonyl (C=O) groups is 3. The van der Waals surface area contributed by atoms with E-state index in [0.717, 1.165) is 29.1 Å². The number of rotatable bonds is 10. The third-order valence-electron chi connectivity index (χ3n) is 7.46. The molecule has 43 heavy (non-hydrogen) atoms. The van der Waals surface area contributed by atoms with Gasteiger partial charge in [0.25, 0.3) is 5.78 Å². The fourth-order valence-corrected chi connectivity index (χ4v) is 6.36. The normalized spacial score (nSPS) is 19.1. The predicted octanol–water partition coefficient (Wildman–Crippen LogP) is 6.43. The van der Waals surface area contributed by atoms with Crippen molar-refractivity contribution in [3.05, 3.63) is 69.2 Å². The minimum absolute atomic E-state index is 0.000140. The number of aliphatic hydroxyl groups excluding tert-OH is 1. The summed E-state index contributed by atoms with van der Waals surface area (Å²) in [4.78, 5) is 45.8. The molecule has 3 heterocycles. The SMILES string of the molecule is CCOc1cc([C@@H]2C(=C(O)c3ccc4c(c3)C[C@H](C)O4)C(=O)C(=O)N2c2nc(C)c(C(C)=O)s2)ccc1OCCC(C)C. The van der Waals surface area contributed by atoms with Crippen LogP contribution in [0.5, 0.6) is 17.2 Å². The van der Waals surface area contributed by atoms with Crippen LogP contribution in [0.15, 0.2) is 42.0 Å². The lowest BCUT2D eigenvalue weighted by molar-refractivity contribution is -0.132. The van der Waals surface area contributed by atoms with Gasteiger partial charge in [0.15, 0.2) is 22.4 Å². The average molecular weight is 605 g/mol. The van der Waals surface area contributed by atoms with E-state index in [4.69, 9.17) is 14.2 Å². The van der Waals surface area contributed by atoms with Crippen molar-refractivity contribution >= 4 is 39.7 Å². The fraction of sp³-hybridized carbons (Fsp3) is 0.394. The van der Waals surface area contributed by atoms with E-state index >= 15 is 0 Å². The maximum atomic E-state index is 13.7. The molecular weight excluding hydrogens is 568 g/mol. The average Bonchev–Trinajstić information content (AvgIpc) is 3.60. The van der Waals surface area contributed by atoms with Gasteiger partial charge < -0.3 is 19.3 Å². The molecule has 1 amide bonds. The second-order valence-electron chi connectivity index (χ2n) is 11.3. The van der Waals surface area contributed by atoms with Crippen molar-refractivity contribution in [2.45, 2.75) is 66.5 Å². The van der Waals surface area contributed by atoms with Crippen LogP contribution in [-0.2, 0) is 16.0 Å². The number of aromatic nitrogens is 1. The molecule has 2 aliphatic heterocycles. The number of carbonyl (C=O) groups excluding carboxylic acids is 3. The van der Waals surface area contributed by atoms with Crippen molar-refractivity contribution in [3.63, 3.8) is 0 Å². The van der Waals surface area contributed by atoms with Crippen LogP contribution in [0.4, 0.5) is 5.13 Å². The zero-order valence-electron chi connectivity index (χ0n) is 25.2. The largest absolute Gasteiger partial charge is 0.507 e. The number of anilines is 1. The van der Waals surface area contributed by atoms with Crippen molar-refractivity contribution in [2.75, 3.05) is 18.1 Å². The number of benzene rings is 2. The predicted molar refractivity (Wildman–Crippen MR) is 164 cm³/mol. The summed E-state index contributed by atoms with van der Waals surface area (Å²) >= 11 is 1.04. The number of Topliss-reactive ketones (excluding diaryl/α,β-unsaturated/α-hetero) is 2. The van der Waals surface area contributed by atoms with Gasteiger partial charge in [-0.25, -0.2) is 4.98 Å². The number of aryl methyl sites for hydroxylation is 1. The molecule has 2 aliphatic rings. The minimum atomic E-state index is -1.03. The quantitative estimate of drug-likeness (QED) is 0.122. The van der Waals surface area contributed by atoms with E-state index in [1.54, 1.807) is 43.3 Å². The molecule has 0 aliphatic carbocycles. The van der Waals surface area contributed by atoms with Crippen molar-refractivity contribution in [2.24, 2.45) is 5.92 Å². The van der Waals surface area contributed by atoms with Crippen LogP contribution in [0.3, 0.4) is 0 Å². The second kappa shape index (κ2) is 12.2. The van der Waals surface area contributed by atoms with Gasteiger partial charge in [-0.15, -0.1) is 0 Å². The molecular formula is C33H36N2O7S. The number of ketones is 2. The lowest BCUT2D eigenvalue weighted by Crippen LogP contribution is -2.29. The van der Waals surface area contributed by atoms with Gasteiger partial charge in [0.2, 0.25) is 0 Å². The second-order valence-corrected chi connectivity index (χ2v) is 12.2. The zero-order valence-corrected chi connectivity index (χ0v) is 26.0. The molecule has 1 saturated heterocycles. The first kappa shape index (κ1) is 30.3. The molecule has 2 aromatic carbocycles. The van der Waals surface area contributed by atoms with Crippen LogP contribution in [0.2, 0.25) is 0 Å². The maximum absolute atomic E-state index is 13.7. The highest BCUT2D eigenvalue weighted by molar-refractivity contribution is 7.18. The van der Waals surface area contributed by atoms with E-state index in [2.05, 4.69) is 18.8 Å². The van der Waals surface area contributed by atoms with Crippen LogP contribution < -0.4 is 19.1 Å². The molecule has 0 bridgehead atoms. The third-order valence-corrected chi connectivity index (χ3v) is 8.72. The summed E-state index contributed by atoms with van der Waals surface area (Å²) in [7, 11) is 0. The van der Waals surface area contributed by atoms with Crippen LogP contribution in [-0.4, -0.2) is 46.9 Å². The first-order valence-electron chi connectivity index (χ1n) is 14.5. The standard InChI is InChI=1S/C33H36N2O7S/c1-7-40-26-16-21(8-11-25(26)41-13-12-17(2)3)28-27(29(37)22-9-10-24-23(15-22)14-18(4)42-24)30(38)32(39)35(28)33-34-19(5)31(43-33)20(6)36/h8-11,15-18,28,37H,7,12-14H2,1-6H3/t18-,28+/m0/s1. The zero-order chi connectivity index (χ0) is 31.0. The molecule has 1 aromatic heterocycles. The Balaban J connectivity index is 1.66. The van der Waals surface area contributed by atoms with Crippen molar-refractivity contribution in [1.29, 1.82) is 0 Å². The minimum Gasteiger partial charge on any atom is -0.507 e. The topological polar surface area (TPSA) is 115 Å². The Bertz CT molecular complexity index is 1620. The molecule has 226 valence electrons. The Morgan fingerprint density at radius 1 is 1.16 bits per heavy atom. The summed E-state index contributed by atoms with van der Waals surface area (Å²) < 4.78 is 17.7. The highest BCUT2D eigenvalue weighted by Crippen LogP contribution is 2.46. The van der Waals surface area contributed by atoms with E-state index in [1.807, 2.05) is 13.8 Å². The molecule has 9 nitrogen and oxygen atoms in total. The lowest BCUT2D eigenvalue weighted by atomic mass is 9.94. The van der Waals surface area contributed by atoms with E-state index < -0.39 is 17.7 Å². The molecule has 0 saturated carbocycles. The van der Waals surface area contributed by atoms with Crippen molar-refractivity contribution in [1.82, 2.24) is 4.98 Å². The Hall–Kier alpha value is -4.18. The van der Waals surface area contributed by atoms with E-state index in [0.29, 0.717) is 58.7 Å². The molecule has 2 atom stereocenters. The Kier molecular flexibility index (Phi) is 8.59.